The molecule has 0 aliphatic heterocycles. The average Bonchev–Trinajstić information content (AvgIpc) is 2.36. The molecule has 0 aliphatic carbocycles. The van der Waals surface area contributed by atoms with Crippen LogP contribution in [-0.4, -0.2) is 23.9 Å². The maximum Gasteiger partial charge on any atom is 0.318 e. The van der Waals surface area contributed by atoms with Crippen molar-refractivity contribution in [2.75, 3.05) is 6.61 Å². The number of esters is 1. The molecule has 0 bridgehead atoms. The molecule has 1 aromatic rings. The third-order valence-corrected chi connectivity index (χ3v) is 2.26. The van der Waals surface area contributed by atoms with E-state index in [0.717, 1.165) is 0 Å². The van der Waals surface area contributed by atoms with Gasteiger partial charge in [-0.1, -0.05) is 12.1 Å². The van der Waals surface area contributed by atoms with E-state index in [0.29, 0.717) is 5.56 Å². The van der Waals surface area contributed by atoms with Gasteiger partial charge in [0, 0.05) is 6.21 Å². The van der Waals surface area contributed by atoms with E-state index in [-0.39, 0.29) is 17.5 Å². The van der Waals surface area contributed by atoms with Gasteiger partial charge in [0.2, 0.25) is 0 Å². The molecule has 1 unspecified atom stereocenters. The van der Waals surface area contributed by atoms with Gasteiger partial charge in [-0.2, -0.15) is 5.10 Å². The summed E-state index contributed by atoms with van der Waals surface area (Å²) < 4.78 is 17.8. The van der Waals surface area contributed by atoms with Gasteiger partial charge in [-0.15, -0.1) is 0 Å². The molecule has 0 spiro atoms. The van der Waals surface area contributed by atoms with Crippen LogP contribution in [0.5, 0.6) is 0 Å². The Morgan fingerprint density at radius 3 is 2.74 bits per heavy atom. The van der Waals surface area contributed by atoms with Crippen LogP contribution in [0.4, 0.5) is 4.39 Å². The van der Waals surface area contributed by atoms with E-state index in [4.69, 9.17) is 10.5 Å². The Morgan fingerprint density at radius 1 is 1.58 bits per heavy atom. The first-order valence-electron chi connectivity index (χ1n) is 5.55. The van der Waals surface area contributed by atoms with Crippen molar-refractivity contribution in [3.8, 4) is 0 Å². The number of carbonyl (C=O) groups is 1. The highest BCUT2D eigenvalue weighted by Gasteiger charge is 2.20. The Morgan fingerprint density at radius 2 is 2.21 bits per heavy atom. The number of nitrogens with zero attached hydrogens (tertiary/aromatic N) is 1. The summed E-state index contributed by atoms with van der Waals surface area (Å²) in [5.41, 5.74) is 8.13. The van der Waals surface area contributed by atoms with Crippen LogP contribution in [0, 0.1) is 5.82 Å². The van der Waals surface area contributed by atoms with Crippen molar-refractivity contribution in [2.45, 2.75) is 12.8 Å². The van der Waals surface area contributed by atoms with Crippen molar-refractivity contribution in [1.82, 2.24) is 5.43 Å². The van der Waals surface area contributed by atoms with Crippen molar-refractivity contribution in [3.63, 3.8) is 0 Å². The molecule has 3 N–H and O–H groups in total. The lowest BCUT2D eigenvalue weighted by atomic mass is 10.0. The number of halogens is 1. The quantitative estimate of drug-likeness (QED) is 0.368. The van der Waals surface area contributed by atoms with E-state index in [1.54, 1.807) is 6.92 Å². The highest BCUT2D eigenvalue weighted by atomic mass is 32.1. The van der Waals surface area contributed by atoms with Crippen LogP contribution in [0.1, 0.15) is 18.4 Å². The number of hydrogen-bond donors (Lipinski definition) is 2. The molecule has 0 heterocycles. The molecule has 0 saturated carbocycles. The van der Waals surface area contributed by atoms with Crippen LogP contribution >= 0.6 is 12.2 Å². The fourth-order valence-corrected chi connectivity index (χ4v) is 1.41. The summed E-state index contributed by atoms with van der Waals surface area (Å²) in [6.45, 7) is 1.94. The first-order chi connectivity index (χ1) is 9.04. The first-order valence-corrected chi connectivity index (χ1v) is 5.96. The number of nitrogens with two attached hydrogens (primary N) is 1. The lowest BCUT2D eigenvalue weighted by molar-refractivity contribution is -0.143. The zero-order valence-corrected chi connectivity index (χ0v) is 11.1. The molecule has 0 fully saturated rings. The maximum absolute atomic E-state index is 12.9. The van der Waals surface area contributed by atoms with Crippen LogP contribution < -0.4 is 11.2 Å². The smallest absolute Gasteiger partial charge is 0.318 e. The molecular weight excluding hydrogens is 269 g/mol. The topological polar surface area (TPSA) is 76.7 Å². The number of ether oxygens (including phenoxy) is 1. The van der Waals surface area contributed by atoms with Gasteiger partial charge >= 0.3 is 5.97 Å². The fourth-order valence-electron chi connectivity index (χ4n) is 1.36. The summed E-state index contributed by atoms with van der Waals surface area (Å²) in [4.78, 5) is 11.8. The number of carbonyl (C=O) groups excluding carboxylic acids is 1. The molecule has 102 valence electrons. The second kappa shape index (κ2) is 7.42. The van der Waals surface area contributed by atoms with Gasteiger partial charge in [-0.3, -0.25) is 10.2 Å². The number of rotatable bonds is 5. The Balaban J connectivity index is 2.91. The zero-order valence-electron chi connectivity index (χ0n) is 10.3. The Bertz CT molecular complexity index is 476. The normalized spacial score (nSPS) is 12.1. The van der Waals surface area contributed by atoms with Gasteiger partial charge in [0.05, 0.1) is 6.61 Å². The van der Waals surface area contributed by atoms with E-state index in [2.05, 4.69) is 22.7 Å². The SMILES string of the molecule is CCOC(=O)C(/C=N/NC(N)=S)c1ccc(F)cc1. The molecule has 5 nitrogen and oxygen atoms in total. The fraction of sp³-hybridized carbons (Fsp3) is 0.250. The third kappa shape index (κ3) is 5.01. The molecule has 7 heteroatoms. The Labute approximate surface area is 115 Å². The summed E-state index contributed by atoms with van der Waals surface area (Å²) in [6, 6.07) is 5.50. The van der Waals surface area contributed by atoms with Gasteiger partial charge in [0.25, 0.3) is 0 Å². The molecule has 1 rings (SSSR count). The summed E-state index contributed by atoms with van der Waals surface area (Å²) in [5, 5.41) is 3.72. The van der Waals surface area contributed by atoms with Crippen molar-refractivity contribution >= 4 is 29.5 Å². The van der Waals surface area contributed by atoms with E-state index in [1.807, 2.05) is 0 Å². The van der Waals surface area contributed by atoms with Gasteiger partial charge < -0.3 is 10.5 Å². The molecule has 0 saturated heterocycles. The van der Waals surface area contributed by atoms with E-state index in [1.165, 1.54) is 30.5 Å². The number of thiocarbonyl (C=S) groups is 1. The van der Waals surface area contributed by atoms with Gasteiger partial charge in [0.15, 0.2) is 5.11 Å². The minimum Gasteiger partial charge on any atom is -0.465 e. The van der Waals surface area contributed by atoms with Crippen molar-refractivity contribution in [1.29, 1.82) is 0 Å². The number of benzene rings is 1. The number of nitrogens with one attached hydrogen (secondary N) is 1. The van der Waals surface area contributed by atoms with Gasteiger partial charge in [-0.25, -0.2) is 4.39 Å². The highest BCUT2D eigenvalue weighted by molar-refractivity contribution is 7.80. The molecule has 19 heavy (non-hydrogen) atoms. The monoisotopic (exact) mass is 283 g/mol. The first kappa shape index (κ1) is 15.0. The molecule has 0 aromatic heterocycles. The number of hydrazone groups is 1. The van der Waals surface area contributed by atoms with Crippen LogP contribution in [0.3, 0.4) is 0 Å². The molecule has 0 aliphatic rings. The van der Waals surface area contributed by atoms with E-state index in [9.17, 15) is 9.18 Å². The third-order valence-electron chi connectivity index (χ3n) is 2.17. The zero-order chi connectivity index (χ0) is 14.3. The summed E-state index contributed by atoms with van der Waals surface area (Å²) in [6.07, 6.45) is 1.31. The number of hydrogen-bond acceptors (Lipinski definition) is 4. The van der Waals surface area contributed by atoms with Crippen LogP contribution in [0.15, 0.2) is 29.4 Å². The van der Waals surface area contributed by atoms with Gasteiger partial charge in [0.1, 0.15) is 11.7 Å². The minimum atomic E-state index is -0.748. The predicted molar refractivity (Wildman–Crippen MR) is 74.2 cm³/mol. The van der Waals surface area contributed by atoms with Crippen molar-refractivity contribution < 1.29 is 13.9 Å². The van der Waals surface area contributed by atoms with E-state index < -0.39 is 11.9 Å². The van der Waals surface area contributed by atoms with Crippen LogP contribution in [0.25, 0.3) is 0 Å². The molecular formula is C12H14FN3O2S. The molecule has 1 aromatic carbocycles. The van der Waals surface area contributed by atoms with Gasteiger partial charge in [-0.05, 0) is 36.8 Å². The Kier molecular flexibility index (Phi) is 5.87. The lowest BCUT2D eigenvalue weighted by Gasteiger charge is -2.11. The van der Waals surface area contributed by atoms with Crippen LogP contribution in [0.2, 0.25) is 0 Å². The molecule has 1 atom stereocenters. The highest BCUT2D eigenvalue weighted by Crippen LogP contribution is 2.16. The summed E-state index contributed by atoms with van der Waals surface area (Å²) in [7, 11) is 0. The summed E-state index contributed by atoms with van der Waals surface area (Å²) >= 11 is 4.59. The standard InChI is InChI=1S/C12H14FN3O2S/c1-2-18-11(17)10(7-15-16-12(14)19)8-3-5-9(13)6-4-8/h3-7,10H,2H2,1H3,(H3,14,16,19)/b15-7+. The minimum absolute atomic E-state index is 0.0158. The summed E-state index contributed by atoms with van der Waals surface area (Å²) in [5.74, 6) is -1.62. The predicted octanol–water partition coefficient (Wildman–Crippen LogP) is 1.29. The largest absolute Gasteiger partial charge is 0.465 e. The van der Waals surface area contributed by atoms with Crippen molar-refractivity contribution in [3.05, 3.63) is 35.6 Å². The maximum atomic E-state index is 12.9. The molecule has 0 amide bonds. The molecule has 0 radical (unpaired) electrons. The van der Waals surface area contributed by atoms with Crippen LogP contribution in [-0.2, 0) is 9.53 Å². The lowest BCUT2D eigenvalue weighted by Crippen LogP contribution is -2.25. The average molecular weight is 283 g/mol. The second-order valence-electron chi connectivity index (χ2n) is 3.54. The van der Waals surface area contributed by atoms with E-state index >= 15 is 0 Å². The second-order valence-corrected chi connectivity index (χ2v) is 3.98. The van der Waals surface area contributed by atoms with Crippen molar-refractivity contribution in [2.24, 2.45) is 10.8 Å². The Hall–Kier alpha value is -2.02.